The maximum Gasteiger partial charge on any atom is 0.406 e. The van der Waals surface area contributed by atoms with Gasteiger partial charge in [-0.1, -0.05) is 0 Å². The normalized spacial score (nSPS) is 17.6. The monoisotopic (exact) mass is 281 g/mol. The number of nitrogens with one attached hydrogen (secondary N) is 1. The molecule has 1 heterocycles. The van der Waals surface area contributed by atoms with Gasteiger partial charge in [0, 0.05) is 19.5 Å². The zero-order chi connectivity index (χ0) is 14.8. The van der Waals surface area contributed by atoms with E-state index in [1.165, 1.54) is 6.07 Å². The zero-order valence-corrected chi connectivity index (χ0v) is 11.6. The number of aryl methyl sites for hydroxylation is 1. The summed E-state index contributed by atoms with van der Waals surface area (Å²) in [7, 11) is 0. The molecule has 7 heteroatoms. The zero-order valence-electron chi connectivity index (χ0n) is 11.6. The largest absolute Gasteiger partial charge is 0.483 e. The molecule has 1 aromatic heterocycles. The highest BCUT2D eigenvalue weighted by Gasteiger charge is 2.28. The predicted octanol–water partition coefficient (Wildman–Crippen LogP) is 1.18. The van der Waals surface area contributed by atoms with Crippen molar-refractivity contribution in [1.82, 2.24) is 10.3 Å². The summed E-state index contributed by atoms with van der Waals surface area (Å²) in [4.78, 5) is 14.2. The maximum atomic E-state index is 10.9. The summed E-state index contributed by atoms with van der Waals surface area (Å²) in [5.41, 5.74) is -0.535. The Bertz CT molecular complexity index is 500. The van der Waals surface area contributed by atoms with Gasteiger partial charge < -0.3 is 25.3 Å². The summed E-state index contributed by atoms with van der Waals surface area (Å²) < 4.78 is 5.38. The Morgan fingerprint density at radius 2 is 2.30 bits per heavy atom. The first-order chi connectivity index (χ1) is 9.37. The summed E-state index contributed by atoms with van der Waals surface area (Å²) in [6.07, 6.45) is 2.26. The summed E-state index contributed by atoms with van der Waals surface area (Å²) >= 11 is 0. The number of rotatable bonds is 7. The Kier molecular flexibility index (Phi) is 4.20. The predicted molar refractivity (Wildman–Crippen MR) is 72.8 cm³/mol. The van der Waals surface area contributed by atoms with E-state index in [1.54, 1.807) is 19.9 Å². The number of aliphatic hydroxyl groups is 1. The van der Waals surface area contributed by atoms with Gasteiger partial charge in [-0.3, -0.25) is 0 Å². The quantitative estimate of drug-likeness (QED) is 0.575. The molecule has 1 aromatic rings. The third-order valence-electron chi connectivity index (χ3n) is 3.04. The highest BCUT2D eigenvalue weighted by atomic mass is 16.6. The van der Waals surface area contributed by atoms with Crippen molar-refractivity contribution in [3.8, 4) is 5.75 Å². The minimum atomic E-state index is -1.08. The standard InChI is InChI=1S/C13H19N3O4/c1-9-3-6-11(12(15-9)16(18)19)20-8-13(2,17)7-14-10-4-5-10/h3,6,10,14,17H,4-5,7-8H2,1-2H3. The van der Waals surface area contributed by atoms with Crippen molar-refractivity contribution in [2.75, 3.05) is 13.2 Å². The minimum Gasteiger partial charge on any atom is -0.483 e. The Balaban J connectivity index is 1.96. The fourth-order valence-corrected chi connectivity index (χ4v) is 1.71. The van der Waals surface area contributed by atoms with Gasteiger partial charge in [-0.05, 0) is 41.8 Å². The number of nitro groups is 1. The molecule has 7 nitrogen and oxygen atoms in total. The van der Waals surface area contributed by atoms with Gasteiger partial charge in [0.05, 0.1) is 0 Å². The van der Waals surface area contributed by atoms with Crippen LogP contribution in [-0.4, -0.2) is 39.8 Å². The molecule has 0 spiro atoms. The van der Waals surface area contributed by atoms with Crippen LogP contribution in [0.2, 0.25) is 0 Å². The number of ether oxygens (including phenoxy) is 1. The van der Waals surface area contributed by atoms with Gasteiger partial charge in [-0.15, -0.1) is 0 Å². The van der Waals surface area contributed by atoms with E-state index in [4.69, 9.17) is 4.74 Å². The lowest BCUT2D eigenvalue weighted by molar-refractivity contribution is -0.390. The first-order valence-corrected chi connectivity index (χ1v) is 6.58. The van der Waals surface area contributed by atoms with Crippen LogP contribution in [0.5, 0.6) is 5.75 Å². The molecule has 0 bridgehead atoms. The van der Waals surface area contributed by atoms with Crippen molar-refractivity contribution >= 4 is 5.82 Å². The lowest BCUT2D eigenvalue weighted by atomic mass is 10.1. The van der Waals surface area contributed by atoms with Crippen LogP contribution in [0.15, 0.2) is 12.1 Å². The van der Waals surface area contributed by atoms with Crippen molar-refractivity contribution < 1.29 is 14.8 Å². The van der Waals surface area contributed by atoms with Crippen molar-refractivity contribution in [2.45, 2.75) is 38.3 Å². The average Bonchev–Trinajstić information content (AvgIpc) is 3.19. The van der Waals surface area contributed by atoms with E-state index >= 15 is 0 Å². The van der Waals surface area contributed by atoms with Crippen LogP contribution in [0.1, 0.15) is 25.5 Å². The highest BCUT2D eigenvalue weighted by molar-refractivity contribution is 5.40. The maximum absolute atomic E-state index is 10.9. The molecule has 2 rings (SSSR count). The van der Waals surface area contributed by atoms with Crippen LogP contribution in [0.25, 0.3) is 0 Å². The summed E-state index contributed by atoms with van der Waals surface area (Å²) in [5, 5.41) is 24.3. The molecule has 0 radical (unpaired) electrons. The molecule has 0 amide bonds. The number of nitrogens with zero attached hydrogens (tertiary/aromatic N) is 2. The van der Waals surface area contributed by atoms with Gasteiger partial charge in [0.1, 0.15) is 17.9 Å². The summed E-state index contributed by atoms with van der Waals surface area (Å²) in [6, 6.07) is 3.63. The Labute approximate surface area is 117 Å². The molecule has 0 aromatic carbocycles. The van der Waals surface area contributed by atoms with E-state index in [1.807, 2.05) is 0 Å². The summed E-state index contributed by atoms with van der Waals surface area (Å²) in [6.45, 7) is 3.67. The molecule has 0 aliphatic heterocycles. The van der Waals surface area contributed by atoms with Crippen LogP contribution < -0.4 is 10.1 Å². The molecule has 1 aliphatic carbocycles. The van der Waals surface area contributed by atoms with Crippen molar-refractivity contribution in [3.05, 3.63) is 27.9 Å². The molecular formula is C13H19N3O4. The van der Waals surface area contributed by atoms with E-state index in [-0.39, 0.29) is 18.2 Å². The fraction of sp³-hybridized carbons (Fsp3) is 0.615. The molecule has 1 atom stereocenters. The Morgan fingerprint density at radius 1 is 1.60 bits per heavy atom. The molecule has 0 saturated heterocycles. The molecule has 1 saturated carbocycles. The van der Waals surface area contributed by atoms with Crippen molar-refractivity contribution in [3.63, 3.8) is 0 Å². The molecule has 110 valence electrons. The first kappa shape index (κ1) is 14.7. The first-order valence-electron chi connectivity index (χ1n) is 6.58. The third kappa shape index (κ3) is 4.14. The number of hydrogen-bond donors (Lipinski definition) is 2. The third-order valence-corrected chi connectivity index (χ3v) is 3.04. The SMILES string of the molecule is Cc1ccc(OCC(C)(O)CNC2CC2)c([N+](=O)[O-])n1. The van der Waals surface area contributed by atoms with E-state index in [9.17, 15) is 15.2 Å². The molecular weight excluding hydrogens is 262 g/mol. The number of hydrogen-bond acceptors (Lipinski definition) is 6. The van der Waals surface area contributed by atoms with Gasteiger partial charge in [-0.2, -0.15) is 0 Å². The molecule has 1 aliphatic rings. The lowest BCUT2D eigenvalue weighted by Gasteiger charge is -2.23. The number of pyridine rings is 1. The van der Waals surface area contributed by atoms with Gasteiger partial charge >= 0.3 is 5.82 Å². The van der Waals surface area contributed by atoms with E-state index < -0.39 is 10.5 Å². The van der Waals surface area contributed by atoms with E-state index in [2.05, 4.69) is 10.3 Å². The molecule has 2 N–H and O–H groups in total. The van der Waals surface area contributed by atoms with Crippen LogP contribution in [0.4, 0.5) is 5.82 Å². The number of aromatic nitrogens is 1. The van der Waals surface area contributed by atoms with Crippen LogP contribution in [-0.2, 0) is 0 Å². The van der Waals surface area contributed by atoms with E-state index in [0.717, 1.165) is 12.8 Å². The van der Waals surface area contributed by atoms with Crippen LogP contribution >= 0.6 is 0 Å². The molecule has 1 unspecified atom stereocenters. The Hall–Kier alpha value is -1.73. The van der Waals surface area contributed by atoms with Crippen molar-refractivity contribution in [2.24, 2.45) is 0 Å². The van der Waals surface area contributed by atoms with Gasteiger partial charge in [0.2, 0.25) is 5.75 Å². The highest BCUT2D eigenvalue weighted by Crippen LogP contribution is 2.25. The van der Waals surface area contributed by atoms with Gasteiger partial charge in [-0.25, -0.2) is 0 Å². The minimum absolute atomic E-state index is 0.0295. The summed E-state index contributed by atoms with van der Waals surface area (Å²) in [5.74, 6) is -0.247. The lowest BCUT2D eigenvalue weighted by Crippen LogP contribution is -2.43. The second-order valence-corrected chi connectivity index (χ2v) is 5.47. The molecule has 20 heavy (non-hydrogen) atoms. The van der Waals surface area contributed by atoms with Crippen LogP contribution in [0, 0.1) is 17.0 Å². The molecule has 1 fully saturated rings. The topological polar surface area (TPSA) is 97.5 Å². The smallest absolute Gasteiger partial charge is 0.406 e. The van der Waals surface area contributed by atoms with Gasteiger partial charge in [0.25, 0.3) is 0 Å². The van der Waals surface area contributed by atoms with E-state index in [0.29, 0.717) is 18.3 Å². The van der Waals surface area contributed by atoms with Crippen LogP contribution in [0.3, 0.4) is 0 Å². The Morgan fingerprint density at radius 3 is 2.90 bits per heavy atom. The van der Waals surface area contributed by atoms with Crippen molar-refractivity contribution in [1.29, 1.82) is 0 Å². The van der Waals surface area contributed by atoms with Gasteiger partial charge in [0.15, 0.2) is 0 Å². The average molecular weight is 281 g/mol. The second kappa shape index (κ2) is 5.72. The fourth-order valence-electron chi connectivity index (χ4n) is 1.71. The second-order valence-electron chi connectivity index (χ2n) is 5.47.